The van der Waals surface area contributed by atoms with Crippen LogP contribution in [0.25, 0.3) is 0 Å². The number of benzene rings is 1. The molecule has 94 valence electrons. The molecule has 0 aliphatic carbocycles. The standard InChI is InChI=1S/C12H12O5.Ti/c1-2-4-9(13)7-5-3-6-8(11(14)15)10(7)12(16)17;/h3,5-6H,2,4H2,1H3,(H,14,15)(H,16,17);. The van der Waals surface area contributed by atoms with E-state index in [9.17, 15) is 14.4 Å². The molecule has 6 heteroatoms. The van der Waals surface area contributed by atoms with Gasteiger partial charge in [0.1, 0.15) is 0 Å². The Morgan fingerprint density at radius 3 is 2.06 bits per heavy atom. The Labute approximate surface area is 119 Å². The van der Waals surface area contributed by atoms with E-state index in [1.165, 1.54) is 18.2 Å². The summed E-state index contributed by atoms with van der Waals surface area (Å²) in [4.78, 5) is 33.6. The van der Waals surface area contributed by atoms with Crippen molar-refractivity contribution in [3.63, 3.8) is 0 Å². The van der Waals surface area contributed by atoms with Crippen molar-refractivity contribution in [1.82, 2.24) is 0 Å². The van der Waals surface area contributed by atoms with Gasteiger partial charge >= 0.3 is 11.9 Å². The molecule has 5 nitrogen and oxygen atoms in total. The van der Waals surface area contributed by atoms with Gasteiger partial charge in [0.15, 0.2) is 5.78 Å². The first-order valence-corrected chi connectivity index (χ1v) is 5.11. The third kappa shape index (κ3) is 3.52. The number of hydrogen-bond donors (Lipinski definition) is 2. The van der Waals surface area contributed by atoms with Crippen molar-refractivity contribution in [2.45, 2.75) is 19.8 Å². The quantitative estimate of drug-likeness (QED) is 0.637. The van der Waals surface area contributed by atoms with E-state index in [0.29, 0.717) is 6.42 Å². The molecule has 0 aliphatic rings. The summed E-state index contributed by atoms with van der Waals surface area (Å²) in [6.07, 6.45) is 0.776. The largest absolute Gasteiger partial charge is 0.478 e. The molecule has 0 amide bonds. The summed E-state index contributed by atoms with van der Waals surface area (Å²) in [6.45, 7) is 1.79. The predicted octanol–water partition coefficient (Wildman–Crippen LogP) is 2.06. The van der Waals surface area contributed by atoms with Crippen LogP contribution in [-0.2, 0) is 21.7 Å². The number of carboxylic acids is 2. The van der Waals surface area contributed by atoms with Gasteiger partial charge < -0.3 is 10.2 Å². The number of hydrogen-bond acceptors (Lipinski definition) is 3. The molecular formula is C12H12O5Ti. The number of aromatic carboxylic acids is 2. The average molecular weight is 284 g/mol. The second-order valence-electron chi connectivity index (χ2n) is 3.51. The van der Waals surface area contributed by atoms with E-state index in [2.05, 4.69) is 0 Å². The Balaban J connectivity index is 0.00000289. The maximum atomic E-state index is 11.7. The van der Waals surface area contributed by atoms with Gasteiger partial charge in [-0.3, -0.25) is 4.79 Å². The van der Waals surface area contributed by atoms with E-state index in [1.54, 1.807) is 6.92 Å². The molecule has 18 heavy (non-hydrogen) atoms. The molecule has 0 aromatic heterocycles. The zero-order chi connectivity index (χ0) is 13.0. The number of ketones is 1. The van der Waals surface area contributed by atoms with Crippen molar-refractivity contribution in [2.75, 3.05) is 0 Å². The summed E-state index contributed by atoms with van der Waals surface area (Å²) >= 11 is 0. The van der Waals surface area contributed by atoms with Gasteiger partial charge in [-0.25, -0.2) is 9.59 Å². The topological polar surface area (TPSA) is 91.7 Å². The molecule has 0 heterocycles. The number of carbonyl (C=O) groups excluding carboxylic acids is 1. The van der Waals surface area contributed by atoms with Gasteiger partial charge in [0, 0.05) is 33.7 Å². The molecule has 0 saturated heterocycles. The van der Waals surface area contributed by atoms with Crippen LogP contribution < -0.4 is 0 Å². The molecule has 0 aliphatic heterocycles. The van der Waals surface area contributed by atoms with Crippen LogP contribution >= 0.6 is 0 Å². The number of Topliss-reactive ketones (excluding diaryl/α,β-unsaturated/α-hetero) is 1. The van der Waals surface area contributed by atoms with Gasteiger partial charge in [-0.15, -0.1) is 0 Å². The van der Waals surface area contributed by atoms with Crippen LogP contribution in [0.15, 0.2) is 18.2 Å². The van der Waals surface area contributed by atoms with E-state index in [4.69, 9.17) is 10.2 Å². The van der Waals surface area contributed by atoms with Crippen molar-refractivity contribution in [2.24, 2.45) is 0 Å². The molecule has 0 saturated carbocycles. The van der Waals surface area contributed by atoms with Gasteiger partial charge in [-0.05, 0) is 12.5 Å². The maximum Gasteiger partial charge on any atom is 0.337 e. The van der Waals surface area contributed by atoms with Crippen LogP contribution in [-0.4, -0.2) is 27.9 Å². The maximum absolute atomic E-state index is 11.7. The molecule has 1 aromatic rings. The smallest absolute Gasteiger partial charge is 0.337 e. The van der Waals surface area contributed by atoms with Crippen molar-refractivity contribution in [3.05, 3.63) is 34.9 Å². The van der Waals surface area contributed by atoms with E-state index < -0.39 is 17.5 Å². The van der Waals surface area contributed by atoms with Crippen LogP contribution in [0.4, 0.5) is 0 Å². The number of carboxylic acid groups (broad SMARTS) is 2. The second-order valence-corrected chi connectivity index (χ2v) is 3.51. The Morgan fingerprint density at radius 1 is 1.06 bits per heavy atom. The van der Waals surface area contributed by atoms with Crippen molar-refractivity contribution < 1.29 is 46.3 Å². The zero-order valence-electron chi connectivity index (χ0n) is 9.77. The summed E-state index contributed by atoms with van der Waals surface area (Å²) in [5, 5.41) is 17.9. The van der Waals surface area contributed by atoms with Gasteiger partial charge in [0.05, 0.1) is 11.1 Å². The normalized spacial score (nSPS) is 9.39. The summed E-state index contributed by atoms with van der Waals surface area (Å²) in [5.41, 5.74) is -0.836. The molecule has 0 radical (unpaired) electrons. The van der Waals surface area contributed by atoms with E-state index in [0.717, 1.165) is 0 Å². The third-order valence-electron chi connectivity index (χ3n) is 2.29. The van der Waals surface area contributed by atoms with Gasteiger partial charge in [0.2, 0.25) is 0 Å². The first-order valence-electron chi connectivity index (χ1n) is 5.11. The molecule has 1 aromatic carbocycles. The molecule has 1 rings (SSSR count). The van der Waals surface area contributed by atoms with Crippen molar-refractivity contribution >= 4 is 17.7 Å². The van der Waals surface area contributed by atoms with E-state index in [1.807, 2.05) is 0 Å². The van der Waals surface area contributed by atoms with Gasteiger partial charge in [-0.1, -0.05) is 19.1 Å². The minimum Gasteiger partial charge on any atom is -0.478 e. The zero-order valence-corrected chi connectivity index (χ0v) is 11.3. The van der Waals surface area contributed by atoms with Gasteiger partial charge in [0.25, 0.3) is 0 Å². The Kier molecular flexibility index (Phi) is 6.51. The number of carbonyl (C=O) groups is 3. The first kappa shape index (κ1) is 16.5. The Morgan fingerprint density at radius 2 is 1.61 bits per heavy atom. The Hall–Kier alpha value is -1.46. The van der Waals surface area contributed by atoms with Gasteiger partial charge in [-0.2, -0.15) is 0 Å². The average Bonchev–Trinajstić information content (AvgIpc) is 2.28. The number of rotatable bonds is 5. The minimum absolute atomic E-state index is 0. The predicted molar refractivity (Wildman–Crippen MR) is 59.6 cm³/mol. The molecule has 0 bridgehead atoms. The van der Waals surface area contributed by atoms with Crippen molar-refractivity contribution in [1.29, 1.82) is 0 Å². The van der Waals surface area contributed by atoms with Crippen LogP contribution in [0.2, 0.25) is 0 Å². The molecular weight excluding hydrogens is 272 g/mol. The molecule has 0 unspecified atom stereocenters. The fourth-order valence-corrected chi connectivity index (χ4v) is 1.56. The fraction of sp³-hybridized carbons (Fsp3) is 0.250. The minimum atomic E-state index is -1.40. The SMILES string of the molecule is CCCC(=O)c1cccc(C(=O)O)c1C(=O)O.[Ti]. The summed E-state index contributed by atoms with van der Waals surface area (Å²) in [7, 11) is 0. The second kappa shape index (κ2) is 7.08. The molecule has 0 atom stereocenters. The van der Waals surface area contributed by atoms with Crippen molar-refractivity contribution in [3.8, 4) is 0 Å². The molecule has 2 N–H and O–H groups in total. The fourth-order valence-electron chi connectivity index (χ4n) is 1.56. The molecule has 0 fully saturated rings. The first-order chi connectivity index (χ1) is 7.99. The van der Waals surface area contributed by atoms with E-state index in [-0.39, 0.29) is 45.0 Å². The van der Waals surface area contributed by atoms with E-state index >= 15 is 0 Å². The monoisotopic (exact) mass is 284 g/mol. The summed E-state index contributed by atoms with van der Waals surface area (Å²) < 4.78 is 0. The van der Waals surface area contributed by atoms with Crippen LogP contribution in [0.5, 0.6) is 0 Å². The molecule has 0 spiro atoms. The summed E-state index contributed by atoms with van der Waals surface area (Å²) in [5.74, 6) is -3.11. The van der Waals surface area contributed by atoms with Crippen LogP contribution in [0.3, 0.4) is 0 Å². The third-order valence-corrected chi connectivity index (χ3v) is 2.29. The summed E-state index contributed by atoms with van der Waals surface area (Å²) in [6, 6.07) is 3.89. The Bertz CT molecular complexity index is 481. The van der Waals surface area contributed by atoms with Crippen LogP contribution in [0.1, 0.15) is 50.8 Å². The van der Waals surface area contributed by atoms with Crippen LogP contribution in [0, 0.1) is 0 Å².